The summed E-state index contributed by atoms with van der Waals surface area (Å²) in [5.41, 5.74) is 2.06. The first-order chi connectivity index (χ1) is 8.28. The highest BCUT2D eigenvalue weighted by Crippen LogP contribution is 2.13. The summed E-state index contributed by atoms with van der Waals surface area (Å²) in [6, 6.07) is 8.01. The summed E-state index contributed by atoms with van der Waals surface area (Å²) in [6.45, 7) is 1.31. The fourth-order valence-electron chi connectivity index (χ4n) is 1.53. The molecule has 90 valence electrons. The van der Waals surface area contributed by atoms with E-state index in [1.54, 1.807) is 4.68 Å². The highest BCUT2D eigenvalue weighted by atomic mass is 16.5. The Kier molecular flexibility index (Phi) is 3.72. The second-order valence-corrected chi connectivity index (χ2v) is 3.85. The molecule has 0 unspecified atom stereocenters. The summed E-state index contributed by atoms with van der Waals surface area (Å²) in [4.78, 5) is 0. The quantitative estimate of drug-likeness (QED) is 0.839. The van der Waals surface area contributed by atoms with Gasteiger partial charge >= 0.3 is 0 Å². The zero-order valence-electron chi connectivity index (χ0n) is 10.1. The first-order valence-electron chi connectivity index (χ1n) is 5.49. The van der Waals surface area contributed by atoms with Crippen molar-refractivity contribution in [1.29, 1.82) is 0 Å². The molecule has 1 aromatic carbocycles. The van der Waals surface area contributed by atoms with Crippen LogP contribution < -0.4 is 10.1 Å². The number of nitrogens with one attached hydrogen (secondary N) is 1. The molecule has 5 nitrogen and oxygen atoms in total. The van der Waals surface area contributed by atoms with Crippen LogP contribution in [0.1, 0.15) is 11.3 Å². The highest BCUT2D eigenvalue weighted by molar-refractivity contribution is 5.27. The summed E-state index contributed by atoms with van der Waals surface area (Å²) < 4.78 is 7.26. The van der Waals surface area contributed by atoms with Crippen molar-refractivity contribution in [3.8, 4) is 5.75 Å². The van der Waals surface area contributed by atoms with Crippen molar-refractivity contribution in [3.05, 3.63) is 41.7 Å². The molecule has 0 radical (unpaired) electrons. The molecule has 1 N–H and O–H groups in total. The number of hydrogen-bond donors (Lipinski definition) is 1. The predicted octanol–water partition coefficient (Wildman–Crippen LogP) is 1.11. The minimum atomic E-state index is 0.444. The summed E-state index contributed by atoms with van der Waals surface area (Å²) in [5, 5.41) is 10.9. The Morgan fingerprint density at radius 2 is 2.06 bits per heavy atom. The molecule has 0 amide bonds. The Balaban J connectivity index is 1.90. The standard InChI is InChI=1S/C12H16N4O/c1-13-7-10-3-5-12(6-4-10)17-9-11-8-16(2)15-14-11/h3-6,8,13H,7,9H2,1-2H3. The van der Waals surface area contributed by atoms with Gasteiger partial charge < -0.3 is 10.1 Å². The van der Waals surface area contributed by atoms with E-state index in [1.807, 2.05) is 44.6 Å². The van der Waals surface area contributed by atoms with E-state index in [2.05, 4.69) is 15.6 Å². The topological polar surface area (TPSA) is 52.0 Å². The molecule has 1 aromatic heterocycles. The minimum absolute atomic E-state index is 0.444. The number of hydrogen-bond acceptors (Lipinski definition) is 4. The van der Waals surface area contributed by atoms with E-state index >= 15 is 0 Å². The lowest BCUT2D eigenvalue weighted by Crippen LogP contribution is -2.04. The van der Waals surface area contributed by atoms with Gasteiger partial charge in [0.15, 0.2) is 0 Å². The molecule has 0 fully saturated rings. The fourth-order valence-corrected chi connectivity index (χ4v) is 1.53. The van der Waals surface area contributed by atoms with Gasteiger partial charge in [-0.05, 0) is 24.7 Å². The van der Waals surface area contributed by atoms with Crippen molar-refractivity contribution < 1.29 is 4.74 Å². The number of aromatic nitrogens is 3. The first kappa shape index (κ1) is 11.6. The maximum atomic E-state index is 5.60. The Labute approximate surface area is 100 Å². The zero-order valence-corrected chi connectivity index (χ0v) is 10.1. The third-order valence-electron chi connectivity index (χ3n) is 2.34. The average Bonchev–Trinajstić information content (AvgIpc) is 2.75. The number of benzene rings is 1. The lowest BCUT2D eigenvalue weighted by molar-refractivity contribution is 0.301. The van der Waals surface area contributed by atoms with Crippen molar-refractivity contribution >= 4 is 0 Å². The van der Waals surface area contributed by atoms with Crippen LogP contribution >= 0.6 is 0 Å². The maximum Gasteiger partial charge on any atom is 0.134 e. The Bertz CT molecular complexity index is 464. The van der Waals surface area contributed by atoms with Crippen LogP contribution in [-0.4, -0.2) is 22.0 Å². The lowest BCUT2D eigenvalue weighted by atomic mass is 10.2. The molecule has 0 saturated heterocycles. The van der Waals surface area contributed by atoms with E-state index < -0.39 is 0 Å². The number of rotatable bonds is 5. The van der Waals surface area contributed by atoms with Crippen LogP contribution in [0.3, 0.4) is 0 Å². The van der Waals surface area contributed by atoms with Gasteiger partial charge in [-0.1, -0.05) is 17.3 Å². The number of nitrogens with zero attached hydrogens (tertiary/aromatic N) is 3. The van der Waals surface area contributed by atoms with Gasteiger partial charge in [0.05, 0.1) is 6.20 Å². The van der Waals surface area contributed by atoms with E-state index in [-0.39, 0.29) is 0 Å². The number of ether oxygens (including phenoxy) is 1. The monoisotopic (exact) mass is 232 g/mol. The Morgan fingerprint density at radius 1 is 1.29 bits per heavy atom. The second-order valence-electron chi connectivity index (χ2n) is 3.85. The van der Waals surface area contributed by atoms with Crippen LogP contribution in [0.2, 0.25) is 0 Å². The van der Waals surface area contributed by atoms with Gasteiger partial charge in [0.2, 0.25) is 0 Å². The Hall–Kier alpha value is -1.88. The van der Waals surface area contributed by atoms with Gasteiger partial charge in [-0.25, -0.2) is 0 Å². The van der Waals surface area contributed by atoms with Gasteiger partial charge in [0.25, 0.3) is 0 Å². The SMILES string of the molecule is CNCc1ccc(OCc2cn(C)nn2)cc1. The molecule has 5 heteroatoms. The van der Waals surface area contributed by atoms with Crippen LogP contribution in [0, 0.1) is 0 Å². The van der Waals surface area contributed by atoms with E-state index in [0.29, 0.717) is 6.61 Å². The van der Waals surface area contributed by atoms with Gasteiger partial charge in [-0.2, -0.15) is 0 Å². The molecular weight excluding hydrogens is 216 g/mol. The van der Waals surface area contributed by atoms with Crippen LogP contribution in [0.4, 0.5) is 0 Å². The van der Waals surface area contributed by atoms with Crippen LogP contribution in [0.25, 0.3) is 0 Å². The van der Waals surface area contributed by atoms with E-state index in [0.717, 1.165) is 18.0 Å². The Morgan fingerprint density at radius 3 is 2.65 bits per heavy atom. The number of aryl methyl sites for hydroxylation is 1. The molecular formula is C12H16N4O. The van der Waals surface area contributed by atoms with Crippen molar-refractivity contribution in [2.24, 2.45) is 7.05 Å². The normalized spacial score (nSPS) is 10.5. The maximum absolute atomic E-state index is 5.60. The van der Waals surface area contributed by atoms with Gasteiger partial charge in [0, 0.05) is 13.6 Å². The summed E-state index contributed by atoms with van der Waals surface area (Å²) in [5.74, 6) is 0.843. The van der Waals surface area contributed by atoms with Gasteiger partial charge in [-0.3, -0.25) is 4.68 Å². The molecule has 1 heterocycles. The molecule has 2 rings (SSSR count). The van der Waals surface area contributed by atoms with Crippen molar-refractivity contribution in [2.45, 2.75) is 13.2 Å². The van der Waals surface area contributed by atoms with Crippen molar-refractivity contribution in [2.75, 3.05) is 7.05 Å². The third kappa shape index (κ3) is 3.29. The summed E-state index contributed by atoms with van der Waals surface area (Å²) >= 11 is 0. The van der Waals surface area contributed by atoms with Crippen molar-refractivity contribution in [3.63, 3.8) is 0 Å². The lowest BCUT2D eigenvalue weighted by Gasteiger charge is -2.05. The van der Waals surface area contributed by atoms with Crippen molar-refractivity contribution in [1.82, 2.24) is 20.3 Å². The highest BCUT2D eigenvalue weighted by Gasteiger charge is 2.00. The molecule has 0 aliphatic carbocycles. The molecule has 2 aromatic rings. The summed E-state index contributed by atoms with van der Waals surface area (Å²) in [7, 11) is 3.77. The molecule has 0 atom stereocenters. The molecule has 0 bridgehead atoms. The molecule has 0 aliphatic heterocycles. The summed E-state index contributed by atoms with van der Waals surface area (Å²) in [6.07, 6.45) is 1.84. The van der Waals surface area contributed by atoms with E-state index in [4.69, 9.17) is 4.74 Å². The average molecular weight is 232 g/mol. The molecule has 0 saturated carbocycles. The van der Waals surface area contributed by atoms with E-state index in [1.165, 1.54) is 5.56 Å². The van der Waals surface area contributed by atoms with E-state index in [9.17, 15) is 0 Å². The van der Waals surface area contributed by atoms with Crippen LogP contribution in [0.15, 0.2) is 30.5 Å². The smallest absolute Gasteiger partial charge is 0.134 e. The first-order valence-corrected chi connectivity index (χ1v) is 5.49. The third-order valence-corrected chi connectivity index (χ3v) is 2.34. The zero-order chi connectivity index (χ0) is 12.1. The largest absolute Gasteiger partial charge is 0.487 e. The van der Waals surface area contributed by atoms with Gasteiger partial charge in [-0.15, -0.1) is 5.10 Å². The molecule has 17 heavy (non-hydrogen) atoms. The predicted molar refractivity (Wildman–Crippen MR) is 64.5 cm³/mol. The molecule has 0 aliphatic rings. The second kappa shape index (κ2) is 5.45. The van der Waals surface area contributed by atoms with Crippen LogP contribution in [0.5, 0.6) is 5.75 Å². The van der Waals surface area contributed by atoms with Gasteiger partial charge in [0.1, 0.15) is 18.1 Å². The fraction of sp³-hybridized carbons (Fsp3) is 0.333. The van der Waals surface area contributed by atoms with Crippen LogP contribution in [-0.2, 0) is 20.2 Å². The molecule has 0 spiro atoms. The minimum Gasteiger partial charge on any atom is -0.487 e.